The van der Waals surface area contributed by atoms with Crippen molar-refractivity contribution in [3.8, 4) is 0 Å². The number of aromatic nitrogens is 3. The highest BCUT2D eigenvalue weighted by Gasteiger charge is 2.13. The average molecular weight is 220 g/mol. The number of nitrogens with two attached hydrogens (primary N) is 1. The lowest BCUT2D eigenvalue weighted by Gasteiger charge is -2.10. The highest BCUT2D eigenvalue weighted by atomic mass is 19.1. The first-order valence-electron chi connectivity index (χ1n) is 5.00. The maximum absolute atomic E-state index is 13.4. The van der Waals surface area contributed by atoms with Crippen LogP contribution in [0.4, 0.5) is 4.39 Å². The molecule has 5 heteroatoms. The Bertz CT molecular complexity index is 480. The van der Waals surface area contributed by atoms with Gasteiger partial charge in [0.2, 0.25) is 0 Å². The molecule has 2 rings (SSSR count). The molecule has 0 aliphatic heterocycles. The van der Waals surface area contributed by atoms with E-state index in [0.717, 1.165) is 5.56 Å². The largest absolute Gasteiger partial charge is 0.322 e. The van der Waals surface area contributed by atoms with Crippen molar-refractivity contribution in [2.45, 2.75) is 12.5 Å². The summed E-state index contributed by atoms with van der Waals surface area (Å²) in [6.07, 6.45) is 5.66. The van der Waals surface area contributed by atoms with Crippen LogP contribution in [0.2, 0.25) is 0 Å². The molecule has 84 valence electrons. The molecule has 0 saturated carbocycles. The zero-order valence-electron chi connectivity index (χ0n) is 8.97. The summed E-state index contributed by atoms with van der Waals surface area (Å²) in [6, 6.07) is 2.48. The highest BCUT2D eigenvalue weighted by Crippen LogP contribution is 2.16. The maximum Gasteiger partial charge on any atom is 0.146 e. The first-order valence-corrected chi connectivity index (χ1v) is 5.00. The van der Waals surface area contributed by atoms with Crippen molar-refractivity contribution in [1.29, 1.82) is 0 Å². The van der Waals surface area contributed by atoms with Crippen LogP contribution in [-0.4, -0.2) is 14.8 Å². The second-order valence-corrected chi connectivity index (χ2v) is 3.70. The molecule has 0 amide bonds. The van der Waals surface area contributed by atoms with Gasteiger partial charge in [-0.05, 0) is 24.1 Å². The number of aryl methyl sites for hydroxylation is 1. The Hall–Kier alpha value is -1.75. The Labute approximate surface area is 92.9 Å². The lowest BCUT2D eigenvalue weighted by atomic mass is 10.1. The minimum absolute atomic E-state index is 0.298. The summed E-state index contributed by atoms with van der Waals surface area (Å²) in [5.74, 6) is -0.362. The van der Waals surface area contributed by atoms with Crippen LogP contribution in [0, 0.1) is 5.82 Å². The van der Waals surface area contributed by atoms with Gasteiger partial charge in [0.1, 0.15) is 5.82 Å². The Morgan fingerprint density at radius 1 is 1.56 bits per heavy atom. The van der Waals surface area contributed by atoms with Gasteiger partial charge in [0.15, 0.2) is 0 Å². The second-order valence-electron chi connectivity index (χ2n) is 3.70. The van der Waals surface area contributed by atoms with Gasteiger partial charge < -0.3 is 5.73 Å². The third kappa shape index (κ3) is 2.25. The van der Waals surface area contributed by atoms with Gasteiger partial charge in [-0.1, -0.05) is 0 Å². The van der Waals surface area contributed by atoms with Crippen LogP contribution in [0.25, 0.3) is 0 Å². The first kappa shape index (κ1) is 10.8. The summed E-state index contributed by atoms with van der Waals surface area (Å²) in [4.78, 5) is 3.95. The van der Waals surface area contributed by atoms with Gasteiger partial charge >= 0.3 is 0 Å². The van der Waals surface area contributed by atoms with E-state index in [1.165, 1.54) is 6.07 Å². The molecule has 1 unspecified atom stereocenters. The predicted octanol–water partition coefficient (Wildman–Crippen LogP) is 1.20. The van der Waals surface area contributed by atoms with Crippen LogP contribution in [0.3, 0.4) is 0 Å². The Morgan fingerprint density at radius 3 is 3.00 bits per heavy atom. The fourth-order valence-electron chi connectivity index (χ4n) is 1.60. The van der Waals surface area contributed by atoms with Crippen LogP contribution < -0.4 is 5.73 Å². The predicted molar refractivity (Wildman–Crippen MR) is 58.0 cm³/mol. The lowest BCUT2D eigenvalue weighted by Crippen LogP contribution is -2.16. The summed E-state index contributed by atoms with van der Waals surface area (Å²) in [5, 5.41) is 4.03. The SMILES string of the molecule is Cn1cc(CC(N)c2ncccc2F)cn1. The molecule has 2 N–H and O–H groups in total. The van der Waals surface area contributed by atoms with Gasteiger partial charge in [-0.15, -0.1) is 0 Å². The minimum Gasteiger partial charge on any atom is -0.322 e. The van der Waals surface area contributed by atoms with Crippen LogP contribution in [0.1, 0.15) is 17.3 Å². The Balaban J connectivity index is 2.14. The summed E-state index contributed by atoms with van der Waals surface area (Å²) in [6.45, 7) is 0. The van der Waals surface area contributed by atoms with Gasteiger partial charge in [0, 0.05) is 19.4 Å². The number of hydrogen-bond donors (Lipinski definition) is 1. The van der Waals surface area contributed by atoms with Crippen molar-refractivity contribution in [3.05, 3.63) is 47.8 Å². The molecular formula is C11H13FN4. The van der Waals surface area contributed by atoms with E-state index in [4.69, 9.17) is 5.73 Å². The van der Waals surface area contributed by atoms with Gasteiger partial charge in [-0.25, -0.2) is 4.39 Å². The molecule has 0 aliphatic rings. The zero-order valence-corrected chi connectivity index (χ0v) is 8.97. The minimum atomic E-state index is -0.439. The molecule has 0 aliphatic carbocycles. The third-order valence-electron chi connectivity index (χ3n) is 2.35. The van der Waals surface area contributed by atoms with E-state index in [-0.39, 0.29) is 5.82 Å². The van der Waals surface area contributed by atoms with E-state index in [0.29, 0.717) is 12.1 Å². The van der Waals surface area contributed by atoms with E-state index in [1.807, 2.05) is 13.2 Å². The number of pyridine rings is 1. The van der Waals surface area contributed by atoms with E-state index < -0.39 is 6.04 Å². The van der Waals surface area contributed by atoms with Crippen molar-refractivity contribution in [2.75, 3.05) is 0 Å². The zero-order chi connectivity index (χ0) is 11.5. The molecule has 0 aromatic carbocycles. The lowest BCUT2D eigenvalue weighted by molar-refractivity contribution is 0.564. The monoisotopic (exact) mass is 220 g/mol. The van der Waals surface area contributed by atoms with Crippen LogP contribution in [0.15, 0.2) is 30.7 Å². The normalized spacial score (nSPS) is 12.7. The van der Waals surface area contributed by atoms with E-state index in [9.17, 15) is 4.39 Å². The molecule has 0 saturated heterocycles. The molecule has 1 atom stereocenters. The van der Waals surface area contributed by atoms with Crippen molar-refractivity contribution in [3.63, 3.8) is 0 Å². The quantitative estimate of drug-likeness (QED) is 0.845. The molecule has 0 spiro atoms. The fraction of sp³-hybridized carbons (Fsp3) is 0.273. The molecule has 2 heterocycles. The third-order valence-corrected chi connectivity index (χ3v) is 2.35. The molecule has 16 heavy (non-hydrogen) atoms. The molecule has 2 aromatic heterocycles. The summed E-state index contributed by atoms with van der Waals surface area (Å²) < 4.78 is 15.1. The Kier molecular flexibility index (Phi) is 2.96. The van der Waals surface area contributed by atoms with Crippen molar-refractivity contribution < 1.29 is 4.39 Å². The number of nitrogens with zero attached hydrogens (tertiary/aromatic N) is 3. The molecule has 0 radical (unpaired) electrons. The van der Waals surface area contributed by atoms with E-state index >= 15 is 0 Å². The van der Waals surface area contributed by atoms with Crippen LogP contribution in [-0.2, 0) is 13.5 Å². The summed E-state index contributed by atoms with van der Waals surface area (Å²) in [5.41, 5.74) is 7.17. The first-order chi connectivity index (χ1) is 7.66. The number of rotatable bonds is 3. The van der Waals surface area contributed by atoms with Crippen LogP contribution >= 0.6 is 0 Å². The second kappa shape index (κ2) is 4.40. The highest BCUT2D eigenvalue weighted by molar-refractivity contribution is 5.15. The average Bonchev–Trinajstić information content (AvgIpc) is 2.64. The van der Waals surface area contributed by atoms with Gasteiger partial charge in [-0.2, -0.15) is 5.10 Å². The molecule has 4 nitrogen and oxygen atoms in total. The van der Waals surface area contributed by atoms with Crippen molar-refractivity contribution in [1.82, 2.24) is 14.8 Å². The molecular weight excluding hydrogens is 207 g/mol. The molecule has 0 bridgehead atoms. The fourth-order valence-corrected chi connectivity index (χ4v) is 1.60. The number of hydrogen-bond acceptors (Lipinski definition) is 3. The van der Waals surface area contributed by atoms with Gasteiger partial charge in [0.05, 0.1) is 17.9 Å². The Morgan fingerprint density at radius 2 is 2.38 bits per heavy atom. The van der Waals surface area contributed by atoms with E-state index in [1.54, 1.807) is 23.1 Å². The maximum atomic E-state index is 13.4. The van der Waals surface area contributed by atoms with Crippen LogP contribution in [0.5, 0.6) is 0 Å². The molecule has 0 fully saturated rings. The standard InChI is InChI=1S/C11H13FN4/c1-16-7-8(6-15-16)5-10(13)11-9(12)3-2-4-14-11/h2-4,6-7,10H,5,13H2,1H3. The van der Waals surface area contributed by atoms with Crippen molar-refractivity contribution in [2.24, 2.45) is 12.8 Å². The number of halogens is 1. The summed E-state index contributed by atoms with van der Waals surface area (Å²) >= 11 is 0. The van der Waals surface area contributed by atoms with Crippen molar-refractivity contribution >= 4 is 0 Å². The topological polar surface area (TPSA) is 56.7 Å². The summed E-state index contributed by atoms with van der Waals surface area (Å²) in [7, 11) is 1.83. The van der Waals surface area contributed by atoms with Gasteiger partial charge in [-0.3, -0.25) is 9.67 Å². The van der Waals surface area contributed by atoms with Gasteiger partial charge in [0.25, 0.3) is 0 Å². The molecule has 2 aromatic rings. The van der Waals surface area contributed by atoms with E-state index in [2.05, 4.69) is 10.1 Å². The smallest absolute Gasteiger partial charge is 0.146 e.